The fourth-order valence-electron chi connectivity index (χ4n) is 1.79. The van der Waals surface area contributed by atoms with Gasteiger partial charge in [0.15, 0.2) is 0 Å². The molecule has 7 nitrogen and oxygen atoms in total. The molecule has 118 valence electrons. The van der Waals surface area contributed by atoms with Gasteiger partial charge in [-0.3, -0.25) is 19.7 Å². The largest absolute Gasteiger partial charge is 0.366 e. The van der Waals surface area contributed by atoms with Crippen molar-refractivity contribution in [2.45, 2.75) is 0 Å². The average molecular weight is 354 g/mol. The molecule has 2 rings (SSSR count). The van der Waals surface area contributed by atoms with Gasteiger partial charge < -0.3 is 11.1 Å². The van der Waals surface area contributed by atoms with Gasteiger partial charge in [-0.2, -0.15) is 0 Å². The maximum atomic E-state index is 12.2. The van der Waals surface area contributed by atoms with Gasteiger partial charge in [0.25, 0.3) is 11.6 Å². The number of halogens is 2. The van der Waals surface area contributed by atoms with E-state index in [1.165, 1.54) is 24.3 Å². The molecular formula is C14H9Cl2N3O4. The molecule has 2 aromatic carbocycles. The van der Waals surface area contributed by atoms with E-state index in [1.807, 2.05) is 0 Å². The van der Waals surface area contributed by atoms with Crippen LogP contribution in [0.1, 0.15) is 20.7 Å². The maximum Gasteiger partial charge on any atom is 0.270 e. The molecule has 0 heterocycles. The predicted molar refractivity (Wildman–Crippen MR) is 86.0 cm³/mol. The molecule has 0 saturated heterocycles. The minimum absolute atomic E-state index is 0.0489. The zero-order valence-corrected chi connectivity index (χ0v) is 12.9. The van der Waals surface area contributed by atoms with E-state index in [-0.39, 0.29) is 32.5 Å². The lowest BCUT2D eigenvalue weighted by Gasteiger charge is -2.08. The highest BCUT2D eigenvalue weighted by Crippen LogP contribution is 2.25. The van der Waals surface area contributed by atoms with E-state index >= 15 is 0 Å². The number of anilines is 1. The molecule has 0 bridgehead atoms. The zero-order chi connectivity index (χ0) is 17.1. The molecule has 9 heteroatoms. The first-order valence-electron chi connectivity index (χ1n) is 6.14. The standard InChI is InChI=1S/C14H9Cl2N3O4/c15-11-4-1-7(5-10(11)13(17)20)18-14(21)9-3-2-8(19(22)23)6-12(9)16/h1-6H,(H2,17,20)(H,18,21). The second-order valence-corrected chi connectivity index (χ2v) is 5.25. The number of carbonyl (C=O) groups excluding carboxylic acids is 2. The van der Waals surface area contributed by atoms with Gasteiger partial charge >= 0.3 is 0 Å². The summed E-state index contributed by atoms with van der Waals surface area (Å²) in [6.07, 6.45) is 0. The Balaban J connectivity index is 2.27. The highest BCUT2D eigenvalue weighted by molar-refractivity contribution is 6.35. The van der Waals surface area contributed by atoms with E-state index in [9.17, 15) is 19.7 Å². The predicted octanol–water partition coefficient (Wildman–Crippen LogP) is 3.25. The Morgan fingerprint density at radius 1 is 1.04 bits per heavy atom. The summed E-state index contributed by atoms with van der Waals surface area (Å²) in [5.74, 6) is -1.33. The lowest BCUT2D eigenvalue weighted by molar-refractivity contribution is -0.384. The zero-order valence-electron chi connectivity index (χ0n) is 11.4. The van der Waals surface area contributed by atoms with Crippen LogP contribution in [0.15, 0.2) is 36.4 Å². The van der Waals surface area contributed by atoms with E-state index in [2.05, 4.69) is 5.32 Å². The Kier molecular flexibility index (Phi) is 4.83. The summed E-state index contributed by atoms with van der Waals surface area (Å²) in [6.45, 7) is 0. The molecule has 0 saturated carbocycles. The van der Waals surface area contributed by atoms with Gasteiger partial charge in [-0.25, -0.2) is 0 Å². The quantitative estimate of drug-likeness (QED) is 0.648. The Morgan fingerprint density at radius 2 is 1.74 bits per heavy atom. The van der Waals surface area contributed by atoms with E-state index in [0.29, 0.717) is 0 Å². The van der Waals surface area contributed by atoms with Crippen molar-refractivity contribution in [2.75, 3.05) is 5.32 Å². The summed E-state index contributed by atoms with van der Waals surface area (Å²) < 4.78 is 0. The van der Waals surface area contributed by atoms with Crippen molar-refractivity contribution < 1.29 is 14.5 Å². The van der Waals surface area contributed by atoms with E-state index in [4.69, 9.17) is 28.9 Å². The van der Waals surface area contributed by atoms with Crippen LogP contribution in [0.25, 0.3) is 0 Å². The lowest BCUT2D eigenvalue weighted by atomic mass is 10.1. The number of nitro groups is 1. The van der Waals surface area contributed by atoms with Crippen molar-refractivity contribution in [3.63, 3.8) is 0 Å². The molecule has 0 aliphatic rings. The number of carbonyl (C=O) groups is 2. The van der Waals surface area contributed by atoms with Crippen LogP contribution < -0.4 is 11.1 Å². The Morgan fingerprint density at radius 3 is 2.30 bits per heavy atom. The van der Waals surface area contributed by atoms with Crippen molar-refractivity contribution in [3.05, 3.63) is 67.7 Å². The van der Waals surface area contributed by atoms with Crippen molar-refractivity contribution >= 4 is 46.4 Å². The first-order valence-corrected chi connectivity index (χ1v) is 6.90. The van der Waals surface area contributed by atoms with Crippen LogP contribution in [0.5, 0.6) is 0 Å². The number of benzene rings is 2. The Labute approximate surface area is 140 Å². The van der Waals surface area contributed by atoms with Crippen LogP contribution >= 0.6 is 23.2 Å². The van der Waals surface area contributed by atoms with E-state index in [1.54, 1.807) is 0 Å². The average Bonchev–Trinajstić information content (AvgIpc) is 2.48. The highest BCUT2D eigenvalue weighted by atomic mass is 35.5. The molecule has 0 unspecified atom stereocenters. The molecule has 23 heavy (non-hydrogen) atoms. The molecule has 0 aliphatic carbocycles. The number of nitrogens with two attached hydrogens (primary N) is 1. The number of nitrogens with one attached hydrogen (secondary N) is 1. The second-order valence-electron chi connectivity index (χ2n) is 4.43. The molecule has 2 aromatic rings. The molecule has 0 fully saturated rings. The summed E-state index contributed by atoms with van der Waals surface area (Å²) in [5, 5.41) is 13.2. The number of primary amides is 1. The second kappa shape index (κ2) is 6.64. The van der Waals surface area contributed by atoms with Gasteiger partial charge in [0, 0.05) is 17.8 Å². The summed E-state index contributed by atoms with van der Waals surface area (Å²) >= 11 is 11.7. The Hall–Kier alpha value is -2.64. The number of rotatable bonds is 4. The van der Waals surface area contributed by atoms with Crippen molar-refractivity contribution in [3.8, 4) is 0 Å². The van der Waals surface area contributed by atoms with E-state index < -0.39 is 16.7 Å². The summed E-state index contributed by atoms with van der Waals surface area (Å²) in [6, 6.07) is 7.69. The number of hydrogen-bond donors (Lipinski definition) is 2. The van der Waals surface area contributed by atoms with Crippen LogP contribution in [0.2, 0.25) is 10.0 Å². The van der Waals surface area contributed by atoms with E-state index in [0.717, 1.165) is 12.1 Å². The first-order chi connectivity index (χ1) is 10.8. The van der Waals surface area contributed by atoms with Crippen LogP contribution in [-0.2, 0) is 0 Å². The van der Waals surface area contributed by atoms with Gasteiger partial charge in [0.1, 0.15) is 0 Å². The van der Waals surface area contributed by atoms with Gasteiger partial charge in [0.05, 0.1) is 26.1 Å². The smallest absolute Gasteiger partial charge is 0.270 e. The third kappa shape index (κ3) is 3.77. The van der Waals surface area contributed by atoms with Gasteiger partial charge in [0.2, 0.25) is 5.91 Å². The van der Waals surface area contributed by atoms with Crippen molar-refractivity contribution in [1.29, 1.82) is 0 Å². The minimum atomic E-state index is -0.737. The van der Waals surface area contributed by atoms with Crippen LogP contribution in [-0.4, -0.2) is 16.7 Å². The molecule has 0 atom stereocenters. The van der Waals surface area contributed by atoms with Crippen LogP contribution in [0.4, 0.5) is 11.4 Å². The molecule has 2 amide bonds. The van der Waals surface area contributed by atoms with Gasteiger partial charge in [-0.1, -0.05) is 23.2 Å². The Bertz CT molecular complexity index is 824. The minimum Gasteiger partial charge on any atom is -0.366 e. The number of nitrogens with zero attached hydrogens (tertiary/aromatic N) is 1. The number of nitro benzene ring substituents is 1. The van der Waals surface area contributed by atoms with Gasteiger partial charge in [-0.15, -0.1) is 0 Å². The first kappa shape index (κ1) is 16.7. The number of non-ortho nitro benzene ring substituents is 1. The number of hydrogen-bond acceptors (Lipinski definition) is 4. The molecule has 3 N–H and O–H groups in total. The van der Waals surface area contributed by atoms with Crippen molar-refractivity contribution in [1.82, 2.24) is 0 Å². The molecule has 0 aliphatic heterocycles. The van der Waals surface area contributed by atoms with Gasteiger partial charge in [-0.05, 0) is 24.3 Å². The normalized spacial score (nSPS) is 10.2. The molecule has 0 radical (unpaired) electrons. The molecular weight excluding hydrogens is 345 g/mol. The summed E-state index contributed by atoms with van der Waals surface area (Å²) in [7, 11) is 0. The van der Waals surface area contributed by atoms with Crippen molar-refractivity contribution in [2.24, 2.45) is 5.73 Å². The fraction of sp³-hybridized carbons (Fsp3) is 0. The third-order valence-electron chi connectivity index (χ3n) is 2.90. The monoisotopic (exact) mass is 353 g/mol. The highest BCUT2D eigenvalue weighted by Gasteiger charge is 2.16. The molecule has 0 spiro atoms. The number of amides is 2. The molecule has 0 aromatic heterocycles. The lowest BCUT2D eigenvalue weighted by Crippen LogP contribution is -2.15. The van der Waals surface area contributed by atoms with Crippen LogP contribution in [0, 0.1) is 10.1 Å². The third-order valence-corrected chi connectivity index (χ3v) is 3.54. The summed E-state index contributed by atoms with van der Waals surface area (Å²) in [5.41, 5.74) is 5.33. The SMILES string of the molecule is NC(=O)c1cc(NC(=O)c2ccc([N+](=O)[O-])cc2Cl)ccc1Cl. The summed E-state index contributed by atoms with van der Waals surface area (Å²) in [4.78, 5) is 33.4. The topological polar surface area (TPSA) is 115 Å². The van der Waals surface area contributed by atoms with Crippen LogP contribution in [0.3, 0.4) is 0 Å². The maximum absolute atomic E-state index is 12.2. The fourth-order valence-corrected chi connectivity index (χ4v) is 2.26.